The monoisotopic (exact) mass is 758 g/mol. The zero-order valence-corrected chi connectivity index (χ0v) is 32.2. The molecule has 0 bridgehead atoms. The van der Waals surface area contributed by atoms with Gasteiger partial charge in [-0.05, 0) is 102 Å². The summed E-state index contributed by atoms with van der Waals surface area (Å²) in [5, 5.41) is 7.29. The molecule has 0 fully saturated rings. The number of thiophene rings is 1. The van der Waals surface area contributed by atoms with Crippen molar-refractivity contribution in [3.05, 3.63) is 206 Å². The average molecular weight is 759 g/mol. The van der Waals surface area contributed by atoms with Gasteiger partial charge in [-0.1, -0.05) is 121 Å². The summed E-state index contributed by atoms with van der Waals surface area (Å²) in [5.41, 5.74) is 13.0. The molecule has 4 heteroatoms. The van der Waals surface area contributed by atoms with Gasteiger partial charge in [-0.3, -0.25) is 0 Å². The Kier molecular flexibility index (Phi) is 7.40. The predicted octanol–water partition coefficient (Wildman–Crippen LogP) is 15.9. The number of para-hydroxylation sites is 4. The Hall–Kier alpha value is -7.40. The van der Waals surface area contributed by atoms with E-state index in [1.165, 1.54) is 53.1 Å². The Balaban J connectivity index is 1.02. The van der Waals surface area contributed by atoms with Gasteiger partial charge in [0.25, 0.3) is 0 Å². The van der Waals surface area contributed by atoms with E-state index < -0.39 is 0 Å². The highest BCUT2D eigenvalue weighted by atomic mass is 32.1. The molecule has 12 aromatic rings. The van der Waals surface area contributed by atoms with Crippen molar-refractivity contribution in [1.82, 2.24) is 4.57 Å². The van der Waals surface area contributed by atoms with Crippen molar-refractivity contribution < 1.29 is 4.42 Å². The van der Waals surface area contributed by atoms with Crippen LogP contribution in [0.25, 0.3) is 91.9 Å². The maximum absolute atomic E-state index is 6.85. The standard InChI is InChI=1S/C54H34N2OS/c1-2-14-38(15-3-1)55(40-16-12-13-36(33-40)37-27-32-52-46(34-37)44-19-7-11-24-51(44)58-52)49-31-30-41(54-53(49)45-20-6-10-23-50(45)57-54)35-25-28-39(29-26-35)56-47-21-8-4-17-42(47)43-18-5-9-22-48(43)56/h1-34H. The number of hydrogen-bond acceptors (Lipinski definition) is 3. The summed E-state index contributed by atoms with van der Waals surface area (Å²) in [6, 6.07) is 74.3. The van der Waals surface area contributed by atoms with E-state index in [2.05, 4.69) is 216 Å². The van der Waals surface area contributed by atoms with Gasteiger partial charge in [-0.15, -0.1) is 11.3 Å². The number of benzene rings is 9. The fraction of sp³-hybridized carbons (Fsp3) is 0. The molecule has 3 heterocycles. The van der Waals surface area contributed by atoms with Gasteiger partial charge in [-0.25, -0.2) is 0 Å². The molecule has 0 unspecified atom stereocenters. The Labute approximate surface area is 338 Å². The van der Waals surface area contributed by atoms with E-state index in [0.29, 0.717) is 0 Å². The van der Waals surface area contributed by atoms with Crippen LogP contribution in [-0.4, -0.2) is 4.57 Å². The number of fused-ring (bicyclic) bond motifs is 9. The summed E-state index contributed by atoms with van der Waals surface area (Å²) in [4.78, 5) is 2.38. The van der Waals surface area contributed by atoms with E-state index in [4.69, 9.17) is 4.42 Å². The zero-order valence-electron chi connectivity index (χ0n) is 31.3. The Morgan fingerprint density at radius 3 is 1.83 bits per heavy atom. The van der Waals surface area contributed by atoms with Crippen LogP contribution in [0.5, 0.6) is 0 Å². The molecule has 0 saturated heterocycles. The van der Waals surface area contributed by atoms with E-state index in [-0.39, 0.29) is 0 Å². The third-order valence-corrected chi connectivity index (χ3v) is 12.7. The van der Waals surface area contributed by atoms with E-state index in [9.17, 15) is 0 Å². The summed E-state index contributed by atoms with van der Waals surface area (Å²) in [6.07, 6.45) is 0. The van der Waals surface area contributed by atoms with Gasteiger partial charge < -0.3 is 13.9 Å². The summed E-state index contributed by atoms with van der Waals surface area (Å²) in [5.74, 6) is 0. The summed E-state index contributed by atoms with van der Waals surface area (Å²) < 4.78 is 11.8. The zero-order chi connectivity index (χ0) is 38.2. The highest BCUT2D eigenvalue weighted by Gasteiger charge is 2.23. The number of aromatic nitrogens is 1. The van der Waals surface area contributed by atoms with Crippen LogP contribution in [0, 0.1) is 0 Å². The highest BCUT2D eigenvalue weighted by Crippen LogP contribution is 2.47. The number of nitrogens with zero attached hydrogens (tertiary/aromatic N) is 2. The van der Waals surface area contributed by atoms with Gasteiger partial charge in [0.2, 0.25) is 0 Å². The maximum atomic E-state index is 6.85. The van der Waals surface area contributed by atoms with Crippen LogP contribution in [-0.2, 0) is 0 Å². The molecule has 9 aromatic carbocycles. The Bertz CT molecular complexity index is 3460. The molecule has 0 aliphatic heterocycles. The summed E-state index contributed by atoms with van der Waals surface area (Å²) >= 11 is 1.85. The maximum Gasteiger partial charge on any atom is 0.145 e. The lowest BCUT2D eigenvalue weighted by Crippen LogP contribution is -2.10. The van der Waals surface area contributed by atoms with Crippen molar-refractivity contribution in [2.75, 3.05) is 4.90 Å². The molecular weight excluding hydrogens is 725 g/mol. The lowest BCUT2D eigenvalue weighted by atomic mass is 9.99. The first-order valence-corrected chi connectivity index (χ1v) is 20.5. The molecule has 0 aliphatic carbocycles. The van der Waals surface area contributed by atoms with E-state index >= 15 is 0 Å². The van der Waals surface area contributed by atoms with Gasteiger partial charge >= 0.3 is 0 Å². The van der Waals surface area contributed by atoms with Crippen molar-refractivity contribution in [2.24, 2.45) is 0 Å². The first-order chi connectivity index (χ1) is 28.8. The van der Waals surface area contributed by atoms with Crippen LogP contribution in [0.3, 0.4) is 0 Å². The Morgan fingerprint density at radius 2 is 1.03 bits per heavy atom. The highest BCUT2D eigenvalue weighted by molar-refractivity contribution is 7.25. The molecule has 0 saturated carbocycles. The molecule has 0 aliphatic rings. The van der Waals surface area contributed by atoms with Gasteiger partial charge in [0, 0.05) is 59.0 Å². The lowest BCUT2D eigenvalue weighted by Gasteiger charge is -2.27. The first-order valence-electron chi connectivity index (χ1n) is 19.7. The van der Waals surface area contributed by atoms with Gasteiger partial charge in [0.1, 0.15) is 11.2 Å². The molecule has 0 radical (unpaired) electrons. The Morgan fingerprint density at radius 1 is 0.414 bits per heavy atom. The van der Waals surface area contributed by atoms with E-state index in [1.807, 2.05) is 11.3 Å². The molecule has 0 amide bonds. The van der Waals surface area contributed by atoms with Crippen molar-refractivity contribution in [3.63, 3.8) is 0 Å². The largest absolute Gasteiger partial charge is 0.455 e. The third-order valence-electron chi connectivity index (χ3n) is 11.6. The fourth-order valence-corrected chi connectivity index (χ4v) is 10.0. The third kappa shape index (κ3) is 5.12. The summed E-state index contributed by atoms with van der Waals surface area (Å²) in [7, 11) is 0. The second-order valence-electron chi connectivity index (χ2n) is 14.9. The smallest absolute Gasteiger partial charge is 0.145 e. The molecule has 0 atom stereocenters. The van der Waals surface area contributed by atoms with E-state index in [1.54, 1.807) is 0 Å². The minimum atomic E-state index is 0.867. The van der Waals surface area contributed by atoms with Crippen molar-refractivity contribution in [2.45, 2.75) is 0 Å². The number of anilines is 3. The predicted molar refractivity (Wildman–Crippen MR) is 247 cm³/mol. The van der Waals surface area contributed by atoms with E-state index in [0.717, 1.165) is 55.8 Å². The molecular formula is C54H34N2OS. The minimum Gasteiger partial charge on any atom is -0.455 e. The topological polar surface area (TPSA) is 21.3 Å². The SMILES string of the molecule is c1ccc(N(c2cccc(-c3ccc4sc5ccccc5c4c3)c2)c2ccc(-c3ccc(-n4c5ccccc5c5ccccc54)cc3)c3oc4ccccc4c23)cc1. The summed E-state index contributed by atoms with van der Waals surface area (Å²) in [6.45, 7) is 0. The molecule has 58 heavy (non-hydrogen) atoms. The number of rotatable bonds is 6. The van der Waals surface area contributed by atoms with Crippen LogP contribution in [0.4, 0.5) is 17.1 Å². The van der Waals surface area contributed by atoms with Crippen molar-refractivity contribution in [3.8, 4) is 27.9 Å². The van der Waals surface area contributed by atoms with Gasteiger partial charge in [0.05, 0.1) is 22.1 Å². The molecule has 272 valence electrons. The molecule has 0 N–H and O–H groups in total. The van der Waals surface area contributed by atoms with Crippen LogP contribution < -0.4 is 4.90 Å². The normalized spacial score (nSPS) is 11.8. The van der Waals surface area contributed by atoms with Crippen LogP contribution in [0.1, 0.15) is 0 Å². The number of hydrogen-bond donors (Lipinski definition) is 0. The average Bonchev–Trinajstić information content (AvgIpc) is 3.97. The van der Waals surface area contributed by atoms with Gasteiger partial charge in [-0.2, -0.15) is 0 Å². The second kappa shape index (κ2) is 13.1. The minimum absolute atomic E-state index is 0.867. The molecule has 0 spiro atoms. The van der Waals surface area contributed by atoms with Crippen LogP contribution >= 0.6 is 11.3 Å². The quantitative estimate of drug-likeness (QED) is 0.168. The molecule has 3 aromatic heterocycles. The first kappa shape index (κ1) is 32.8. The van der Waals surface area contributed by atoms with Crippen molar-refractivity contribution in [1.29, 1.82) is 0 Å². The van der Waals surface area contributed by atoms with Crippen LogP contribution in [0.15, 0.2) is 211 Å². The van der Waals surface area contributed by atoms with Crippen LogP contribution in [0.2, 0.25) is 0 Å². The van der Waals surface area contributed by atoms with Crippen molar-refractivity contribution >= 4 is 92.3 Å². The molecule has 3 nitrogen and oxygen atoms in total. The van der Waals surface area contributed by atoms with Gasteiger partial charge in [0.15, 0.2) is 0 Å². The number of furan rings is 1. The molecule has 12 rings (SSSR count). The fourth-order valence-electron chi connectivity index (χ4n) is 8.95. The lowest BCUT2D eigenvalue weighted by molar-refractivity contribution is 0.670. The second-order valence-corrected chi connectivity index (χ2v) is 16.0.